The maximum Gasteiger partial charge on any atom is 0.309 e. The third-order valence-electron chi connectivity index (χ3n) is 3.97. The van der Waals surface area contributed by atoms with Gasteiger partial charge in [0.2, 0.25) is 0 Å². The molecule has 19 heavy (non-hydrogen) atoms. The third-order valence-corrected chi connectivity index (χ3v) is 4.49. The highest BCUT2D eigenvalue weighted by Gasteiger charge is 2.61. The van der Waals surface area contributed by atoms with Crippen molar-refractivity contribution in [2.75, 3.05) is 27.1 Å². The van der Waals surface area contributed by atoms with Gasteiger partial charge in [-0.25, -0.2) is 13.2 Å². The van der Waals surface area contributed by atoms with Crippen LogP contribution in [0.3, 0.4) is 0 Å². The van der Waals surface area contributed by atoms with E-state index in [-0.39, 0.29) is 11.0 Å². The number of carbonyl (C=O) groups is 1. The Labute approximate surface area is 115 Å². The molecule has 0 aliphatic heterocycles. The van der Waals surface area contributed by atoms with E-state index in [1.165, 1.54) is 13.2 Å². The smallest absolute Gasteiger partial charge is 0.309 e. The molecule has 1 aliphatic carbocycles. The SMILES string of the molecule is COC(=O)C1C(C=C(Cl)C(CF)(CF)CF)C1(C)C. The molecular formula is C13H18ClF3O2. The van der Waals surface area contributed by atoms with Crippen molar-refractivity contribution in [3.63, 3.8) is 0 Å². The highest BCUT2D eigenvalue weighted by Crippen LogP contribution is 2.60. The fourth-order valence-corrected chi connectivity index (χ4v) is 2.49. The molecule has 1 saturated carbocycles. The van der Waals surface area contributed by atoms with E-state index < -0.39 is 42.7 Å². The monoisotopic (exact) mass is 298 g/mol. The number of hydrogen-bond acceptors (Lipinski definition) is 2. The summed E-state index contributed by atoms with van der Waals surface area (Å²) in [6.45, 7) is -0.00794. The summed E-state index contributed by atoms with van der Waals surface area (Å²) in [5.74, 6) is -1.11. The summed E-state index contributed by atoms with van der Waals surface area (Å²) in [6, 6.07) is 0. The van der Waals surface area contributed by atoms with Gasteiger partial charge in [0.1, 0.15) is 20.0 Å². The summed E-state index contributed by atoms with van der Waals surface area (Å²) in [6.07, 6.45) is 1.39. The average molecular weight is 299 g/mol. The number of esters is 1. The predicted octanol–water partition coefficient (Wildman–Crippen LogP) is 3.45. The molecule has 2 atom stereocenters. The fraction of sp³-hybridized carbons (Fsp3) is 0.769. The van der Waals surface area contributed by atoms with Crippen molar-refractivity contribution in [3.8, 4) is 0 Å². The number of ether oxygens (including phenoxy) is 1. The zero-order valence-corrected chi connectivity index (χ0v) is 11.9. The van der Waals surface area contributed by atoms with Gasteiger partial charge < -0.3 is 4.74 Å². The van der Waals surface area contributed by atoms with E-state index >= 15 is 0 Å². The summed E-state index contributed by atoms with van der Waals surface area (Å²) < 4.78 is 43.2. The first kappa shape index (κ1) is 16.3. The minimum atomic E-state index is -1.93. The third kappa shape index (κ3) is 2.76. The number of carbonyl (C=O) groups excluding carboxylic acids is 1. The Morgan fingerprint density at radius 3 is 2.16 bits per heavy atom. The number of rotatable bonds is 6. The van der Waals surface area contributed by atoms with Gasteiger partial charge in [-0.05, 0) is 11.3 Å². The second-order valence-corrected chi connectivity index (χ2v) is 5.95. The lowest BCUT2D eigenvalue weighted by molar-refractivity contribution is -0.143. The molecule has 110 valence electrons. The Kier molecular flexibility index (Phi) is 4.93. The van der Waals surface area contributed by atoms with Gasteiger partial charge in [0.05, 0.1) is 18.4 Å². The number of allylic oxidation sites excluding steroid dienone is 2. The minimum absolute atomic E-state index is 0.204. The van der Waals surface area contributed by atoms with E-state index in [0.717, 1.165) is 0 Å². The fourth-order valence-electron chi connectivity index (χ4n) is 2.20. The normalized spacial score (nSPS) is 26.2. The Balaban J connectivity index is 2.95. The maximum absolute atomic E-state index is 12.9. The van der Waals surface area contributed by atoms with Gasteiger partial charge in [-0.15, -0.1) is 0 Å². The molecular weight excluding hydrogens is 281 g/mol. The first-order valence-electron chi connectivity index (χ1n) is 5.94. The van der Waals surface area contributed by atoms with Gasteiger partial charge in [-0.3, -0.25) is 4.79 Å². The van der Waals surface area contributed by atoms with Gasteiger partial charge in [-0.2, -0.15) is 0 Å². The molecule has 2 unspecified atom stereocenters. The molecule has 0 saturated heterocycles. The molecule has 0 aromatic carbocycles. The summed E-state index contributed by atoms with van der Waals surface area (Å²) in [5.41, 5.74) is -2.33. The average Bonchev–Trinajstić information content (AvgIpc) is 2.93. The molecule has 0 N–H and O–H groups in total. The van der Waals surface area contributed by atoms with Crippen LogP contribution in [0.2, 0.25) is 0 Å². The van der Waals surface area contributed by atoms with Crippen LogP contribution in [0.4, 0.5) is 13.2 Å². The van der Waals surface area contributed by atoms with Gasteiger partial charge in [0.25, 0.3) is 0 Å². The Morgan fingerprint density at radius 1 is 1.32 bits per heavy atom. The lowest BCUT2D eigenvalue weighted by atomic mass is 9.91. The number of halogens is 4. The van der Waals surface area contributed by atoms with Crippen LogP contribution in [0, 0.1) is 22.7 Å². The molecule has 0 radical (unpaired) electrons. The van der Waals surface area contributed by atoms with Crippen molar-refractivity contribution in [2.24, 2.45) is 22.7 Å². The van der Waals surface area contributed by atoms with Gasteiger partial charge in [-0.1, -0.05) is 31.5 Å². The van der Waals surface area contributed by atoms with Crippen molar-refractivity contribution in [3.05, 3.63) is 11.1 Å². The Hall–Kier alpha value is -0.710. The molecule has 1 rings (SSSR count). The van der Waals surface area contributed by atoms with Crippen LogP contribution in [0.5, 0.6) is 0 Å². The van der Waals surface area contributed by atoms with Crippen LogP contribution in [0.15, 0.2) is 11.1 Å². The molecule has 0 aromatic rings. The molecule has 0 spiro atoms. The summed E-state index contributed by atoms with van der Waals surface area (Å²) in [7, 11) is 1.27. The largest absolute Gasteiger partial charge is 0.469 e. The second-order valence-electron chi connectivity index (χ2n) is 5.54. The van der Waals surface area contributed by atoms with E-state index in [0.29, 0.717) is 0 Å². The summed E-state index contributed by atoms with van der Waals surface area (Å²) in [4.78, 5) is 11.5. The van der Waals surface area contributed by atoms with Crippen molar-refractivity contribution in [1.29, 1.82) is 0 Å². The zero-order valence-electron chi connectivity index (χ0n) is 11.2. The molecule has 0 bridgehead atoms. The standard InChI is InChI=1S/C13H18ClF3O2/c1-12(2)8(10(12)11(18)19-3)4-9(14)13(5-15,6-16)7-17/h4,8,10H,5-7H2,1-3H3. The van der Waals surface area contributed by atoms with Crippen LogP contribution in [0.1, 0.15) is 13.8 Å². The minimum Gasteiger partial charge on any atom is -0.469 e. The first-order chi connectivity index (χ1) is 8.80. The number of alkyl halides is 3. The van der Waals surface area contributed by atoms with Crippen molar-refractivity contribution in [2.45, 2.75) is 13.8 Å². The van der Waals surface area contributed by atoms with Crippen LogP contribution >= 0.6 is 11.6 Å². The molecule has 6 heteroatoms. The van der Waals surface area contributed by atoms with Crippen molar-refractivity contribution < 1.29 is 22.7 Å². The van der Waals surface area contributed by atoms with Crippen LogP contribution in [0.25, 0.3) is 0 Å². The number of methoxy groups -OCH3 is 1. The lowest BCUT2D eigenvalue weighted by Gasteiger charge is -2.23. The van der Waals surface area contributed by atoms with Crippen LogP contribution in [-0.2, 0) is 9.53 Å². The molecule has 0 aromatic heterocycles. The lowest BCUT2D eigenvalue weighted by Crippen LogP contribution is -2.29. The predicted molar refractivity (Wildman–Crippen MR) is 67.1 cm³/mol. The second kappa shape index (κ2) is 5.73. The molecule has 1 fully saturated rings. The highest BCUT2D eigenvalue weighted by atomic mass is 35.5. The Bertz CT molecular complexity index is 370. The van der Waals surface area contributed by atoms with Crippen molar-refractivity contribution in [1.82, 2.24) is 0 Å². The van der Waals surface area contributed by atoms with Crippen molar-refractivity contribution >= 4 is 17.6 Å². The quantitative estimate of drug-likeness (QED) is 0.702. The number of hydrogen-bond donors (Lipinski definition) is 0. The van der Waals surface area contributed by atoms with E-state index in [9.17, 15) is 18.0 Å². The first-order valence-corrected chi connectivity index (χ1v) is 6.32. The molecule has 2 nitrogen and oxygen atoms in total. The summed E-state index contributed by atoms with van der Waals surface area (Å²) in [5, 5.41) is -0.204. The Morgan fingerprint density at radius 2 is 1.79 bits per heavy atom. The van der Waals surface area contributed by atoms with Crippen LogP contribution < -0.4 is 0 Å². The van der Waals surface area contributed by atoms with E-state index in [1.807, 2.05) is 13.8 Å². The zero-order chi connectivity index (χ0) is 14.8. The maximum atomic E-state index is 12.9. The molecule has 1 aliphatic rings. The van der Waals surface area contributed by atoms with Crippen LogP contribution in [-0.4, -0.2) is 33.1 Å². The van der Waals surface area contributed by atoms with Gasteiger partial charge in [0, 0.05) is 5.03 Å². The van der Waals surface area contributed by atoms with E-state index in [2.05, 4.69) is 4.74 Å². The summed E-state index contributed by atoms with van der Waals surface area (Å²) >= 11 is 5.87. The topological polar surface area (TPSA) is 26.3 Å². The van der Waals surface area contributed by atoms with Gasteiger partial charge in [0.15, 0.2) is 0 Å². The molecule has 0 amide bonds. The van der Waals surface area contributed by atoms with E-state index in [1.54, 1.807) is 0 Å². The highest BCUT2D eigenvalue weighted by molar-refractivity contribution is 6.30. The van der Waals surface area contributed by atoms with E-state index in [4.69, 9.17) is 11.6 Å². The van der Waals surface area contributed by atoms with Gasteiger partial charge >= 0.3 is 5.97 Å². The molecule has 0 heterocycles.